The second-order valence-corrected chi connectivity index (χ2v) is 4.33. The van der Waals surface area contributed by atoms with Gasteiger partial charge >= 0.3 is 0 Å². The number of halogens is 1. The standard InChI is InChI=1S/C11H13ClN4O/c1-7-8(11(12)16(3)14-7)4-10(17)9-5-13-6-15(9)2/h5-6H,4H2,1-3H3. The van der Waals surface area contributed by atoms with Crippen LogP contribution in [0.4, 0.5) is 0 Å². The molecule has 90 valence electrons. The Morgan fingerprint density at radius 1 is 1.47 bits per heavy atom. The Balaban J connectivity index is 2.28. The fraction of sp³-hybridized carbons (Fsp3) is 0.364. The first-order valence-electron chi connectivity index (χ1n) is 5.18. The molecule has 0 aliphatic rings. The molecule has 0 atom stereocenters. The molecule has 6 heteroatoms. The highest BCUT2D eigenvalue weighted by Crippen LogP contribution is 2.20. The van der Waals surface area contributed by atoms with Crippen LogP contribution in [-0.2, 0) is 20.5 Å². The van der Waals surface area contributed by atoms with E-state index in [1.54, 1.807) is 35.9 Å². The molecule has 2 aromatic rings. The highest BCUT2D eigenvalue weighted by molar-refractivity contribution is 6.30. The third-order valence-corrected chi connectivity index (χ3v) is 3.18. The lowest BCUT2D eigenvalue weighted by molar-refractivity contribution is 0.0985. The minimum Gasteiger partial charge on any atom is -0.331 e. The van der Waals surface area contributed by atoms with Crippen molar-refractivity contribution in [2.45, 2.75) is 13.3 Å². The van der Waals surface area contributed by atoms with E-state index in [4.69, 9.17) is 11.6 Å². The molecule has 0 saturated carbocycles. The van der Waals surface area contributed by atoms with Crippen LogP contribution in [0.2, 0.25) is 5.15 Å². The molecule has 0 unspecified atom stereocenters. The van der Waals surface area contributed by atoms with E-state index in [0.29, 0.717) is 10.8 Å². The molecule has 0 amide bonds. The van der Waals surface area contributed by atoms with E-state index in [-0.39, 0.29) is 12.2 Å². The number of hydrogen-bond donors (Lipinski definition) is 0. The largest absolute Gasteiger partial charge is 0.331 e. The van der Waals surface area contributed by atoms with Crippen LogP contribution in [0, 0.1) is 6.92 Å². The van der Waals surface area contributed by atoms with Crippen molar-refractivity contribution in [2.75, 3.05) is 0 Å². The zero-order valence-electron chi connectivity index (χ0n) is 9.94. The van der Waals surface area contributed by atoms with Crippen molar-refractivity contribution >= 4 is 17.4 Å². The predicted molar refractivity (Wildman–Crippen MR) is 64.2 cm³/mol. The van der Waals surface area contributed by atoms with Crippen LogP contribution in [0.3, 0.4) is 0 Å². The molecule has 2 heterocycles. The lowest BCUT2D eigenvalue weighted by Gasteiger charge is -2.01. The molecule has 0 aliphatic carbocycles. The molecule has 17 heavy (non-hydrogen) atoms. The smallest absolute Gasteiger partial charge is 0.185 e. The summed E-state index contributed by atoms with van der Waals surface area (Å²) in [7, 11) is 3.55. The van der Waals surface area contributed by atoms with E-state index in [1.807, 2.05) is 6.92 Å². The molecule has 0 aromatic carbocycles. The SMILES string of the molecule is Cc1nn(C)c(Cl)c1CC(=O)c1cncn1C. The Bertz CT molecular complexity index is 570. The summed E-state index contributed by atoms with van der Waals surface area (Å²) in [5.41, 5.74) is 2.14. The third kappa shape index (κ3) is 2.10. The van der Waals surface area contributed by atoms with Gasteiger partial charge in [0.25, 0.3) is 0 Å². The number of aromatic nitrogens is 4. The Labute approximate surface area is 104 Å². The van der Waals surface area contributed by atoms with Crippen LogP contribution in [-0.4, -0.2) is 25.1 Å². The Morgan fingerprint density at radius 3 is 2.65 bits per heavy atom. The average molecular weight is 253 g/mol. The van der Waals surface area contributed by atoms with E-state index < -0.39 is 0 Å². The maximum Gasteiger partial charge on any atom is 0.185 e. The van der Waals surface area contributed by atoms with Gasteiger partial charge in [-0.15, -0.1) is 0 Å². The molecule has 0 fully saturated rings. The average Bonchev–Trinajstić information content (AvgIpc) is 2.78. The fourth-order valence-electron chi connectivity index (χ4n) is 1.75. The van der Waals surface area contributed by atoms with Crippen LogP contribution < -0.4 is 0 Å². The summed E-state index contributed by atoms with van der Waals surface area (Å²) < 4.78 is 3.27. The molecule has 0 spiro atoms. The highest BCUT2D eigenvalue weighted by Gasteiger charge is 2.17. The maximum absolute atomic E-state index is 12.1. The molecule has 2 aromatic heterocycles. The minimum absolute atomic E-state index is 0.0111. The van der Waals surface area contributed by atoms with Gasteiger partial charge < -0.3 is 4.57 Å². The summed E-state index contributed by atoms with van der Waals surface area (Å²) in [6.07, 6.45) is 3.41. The molecular formula is C11H13ClN4O. The van der Waals surface area contributed by atoms with Gasteiger partial charge in [-0.1, -0.05) is 11.6 Å². The first kappa shape index (κ1) is 11.9. The van der Waals surface area contributed by atoms with E-state index >= 15 is 0 Å². The number of carbonyl (C=O) groups is 1. The van der Waals surface area contributed by atoms with Gasteiger partial charge in [-0.2, -0.15) is 5.10 Å². The first-order chi connectivity index (χ1) is 8.00. The van der Waals surface area contributed by atoms with Crippen molar-refractivity contribution in [1.82, 2.24) is 19.3 Å². The summed E-state index contributed by atoms with van der Waals surface area (Å²) >= 11 is 6.09. The van der Waals surface area contributed by atoms with Gasteiger partial charge in [0, 0.05) is 26.1 Å². The summed E-state index contributed by atoms with van der Waals surface area (Å²) in [5, 5.41) is 4.69. The molecule has 2 rings (SSSR count). The van der Waals surface area contributed by atoms with Crippen molar-refractivity contribution < 1.29 is 4.79 Å². The van der Waals surface area contributed by atoms with Crippen LogP contribution >= 0.6 is 11.6 Å². The van der Waals surface area contributed by atoms with Crippen molar-refractivity contribution in [1.29, 1.82) is 0 Å². The second-order valence-electron chi connectivity index (χ2n) is 3.97. The fourth-order valence-corrected chi connectivity index (χ4v) is 1.99. The van der Waals surface area contributed by atoms with Crippen LogP contribution in [0.1, 0.15) is 21.7 Å². The van der Waals surface area contributed by atoms with Crippen LogP contribution in [0.25, 0.3) is 0 Å². The lowest BCUT2D eigenvalue weighted by Crippen LogP contribution is -2.09. The van der Waals surface area contributed by atoms with E-state index in [9.17, 15) is 4.79 Å². The third-order valence-electron chi connectivity index (χ3n) is 2.71. The quantitative estimate of drug-likeness (QED) is 0.779. The number of hydrogen-bond acceptors (Lipinski definition) is 3. The number of nitrogens with zero attached hydrogens (tertiary/aromatic N) is 4. The molecule has 5 nitrogen and oxygen atoms in total. The molecule has 0 bridgehead atoms. The van der Waals surface area contributed by atoms with Gasteiger partial charge in [0.1, 0.15) is 10.8 Å². The van der Waals surface area contributed by atoms with E-state index in [2.05, 4.69) is 10.1 Å². The van der Waals surface area contributed by atoms with Crippen molar-refractivity contribution in [3.63, 3.8) is 0 Å². The van der Waals surface area contributed by atoms with E-state index in [0.717, 1.165) is 11.3 Å². The Hall–Kier alpha value is -1.62. The molecule has 0 radical (unpaired) electrons. The molecule has 0 saturated heterocycles. The number of imidazole rings is 1. The topological polar surface area (TPSA) is 52.7 Å². The number of ketones is 1. The van der Waals surface area contributed by atoms with Gasteiger partial charge in [-0.05, 0) is 6.92 Å². The van der Waals surface area contributed by atoms with Crippen molar-refractivity contribution in [2.24, 2.45) is 14.1 Å². The van der Waals surface area contributed by atoms with Gasteiger partial charge in [0.05, 0.1) is 18.2 Å². The first-order valence-corrected chi connectivity index (χ1v) is 5.56. The monoisotopic (exact) mass is 252 g/mol. The number of carbonyl (C=O) groups excluding carboxylic acids is 1. The second kappa shape index (κ2) is 4.33. The normalized spacial score (nSPS) is 10.8. The van der Waals surface area contributed by atoms with E-state index in [1.165, 1.54) is 0 Å². The Kier molecular flexibility index (Phi) is 3.02. The van der Waals surface area contributed by atoms with Gasteiger partial charge in [-0.3, -0.25) is 9.48 Å². The van der Waals surface area contributed by atoms with Gasteiger partial charge in [0.2, 0.25) is 0 Å². The molecular weight excluding hydrogens is 240 g/mol. The predicted octanol–water partition coefficient (Wildman–Crippen LogP) is 1.54. The maximum atomic E-state index is 12.1. The summed E-state index contributed by atoms with van der Waals surface area (Å²) in [6, 6.07) is 0. The summed E-state index contributed by atoms with van der Waals surface area (Å²) in [6.45, 7) is 1.84. The number of Topliss-reactive ketones (excluding diaryl/α,β-unsaturated/α-hetero) is 1. The van der Waals surface area contributed by atoms with Crippen LogP contribution in [0.5, 0.6) is 0 Å². The Morgan fingerprint density at radius 2 is 2.18 bits per heavy atom. The zero-order valence-corrected chi connectivity index (χ0v) is 10.7. The number of aryl methyl sites for hydroxylation is 3. The highest BCUT2D eigenvalue weighted by atomic mass is 35.5. The van der Waals surface area contributed by atoms with Crippen molar-refractivity contribution in [3.8, 4) is 0 Å². The molecule has 0 N–H and O–H groups in total. The lowest BCUT2D eigenvalue weighted by atomic mass is 10.1. The summed E-state index contributed by atoms with van der Waals surface area (Å²) in [4.78, 5) is 16.0. The minimum atomic E-state index is -0.0111. The van der Waals surface area contributed by atoms with Crippen LogP contribution in [0.15, 0.2) is 12.5 Å². The summed E-state index contributed by atoms with van der Waals surface area (Å²) in [5.74, 6) is -0.0111. The van der Waals surface area contributed by atoms with Crippen molar-refractivity contribution in [3.05, 3.63) is 34.6 Å². The van der Waals surface area contributed by atoms with Gasteiger partial charge in [0.15, 0.2) is 5.78 Å². The van der Waals surface area contributed by atoms with Gasteiger partial charge in [-0.25, -0.2) is 4.98 Å². The molecule has 0 aliphatic heterocycles. The number of rotatable bonds is 3. The zero-order chi connectivity index (χ0) is 12.6.